The van der Waals surface area contributed by atoms with Gasteiger partial charge in [0.25, 0.3) is 5.91 Å². The molecule has 2 rings (SSSR count). The van der Waals surface area contributed by atoms with Crippen LogP contribution in [0.3, 0.4) is 0 Å². The summed E-state index contributed by atoms with van der Waals surface area (Å²) in [5, 5.41) is 15.0. The van der Waals surface area contributed by atoms with E-state index in [1.807, 2.05) is 0 Å². The first-order valence-corrected chi connectivity index (χ1v) is 5.14. The molecule has 0 spiro atoms. The van der Waals surface area contributed by atoms with Gasteiger partial charge in [0.05, 0.1) is 11.8 Å². The van der Waals surface area contributed by atoms with Crippen LogP contribution >= 0.6 is 0 Å². The number of rotatable bonds is 3. The number of carboxylic acids is 1. The predicted molar refractivity (Wildman–Crippen MR) is 61.7 cm³/mol. The molecule has 0 saturated carbocycles. The van der Waals surface area contributed by atoms with E-state index in [0.29, 0.717) is 22.5 Å². The number of aryl methyl sites for hydroxylation is 1. The Balaban J connectivity index is 2.33. The van der Waals surface area contributed by atoms with Gasteiger partial charge < -0.3 is 19.9 Å². The molecule has 3 N–H and O–H groups in total. The summed E-state index contributed by atoms with van der Waals surface area (Å²) < 4.78 is 4.59. The number of anilines is 1. The van der Waals surface area contributed by atoms with Crippen LogP contribution in [0.15, 0.2) is 17.0 Å². The first kappa shape index (κ1) is 11.9. The van der Waals surface area contributed by atoms with E-state index in [9.17, 15) is 9.59 Å². The second-order valence-corrected chi connectivity index (χ2v) is 3.80. The molecule has 0 saturated heterocycles. The largest absolute Gasteiger partial charge is 0.477 e. The molecule has 0 aliphatic rings. The molecule has 0 unspecified atom stereocenters. The van der Waals surface area contributed by atoms with Gasteiger partial charge in [-0.25, -0.2) is 4.79 Å². The number of hydrogen-bond acceptors (Lipinski definition) is 4. The van der Waals surface area contributed by atoms with E-state index in [0.717, 1.165) is 0 Å². The lowest BCUT2D eigenvalue weighted by atomic mass is 10.1. The van der Waals surface area contributed by atoms with E-state index in [4.69, 9.17) is 5.11 Å². The molecule has 7 nitrogen and oxygen atoms in total. The number of carbonyl (C=O) groups excluding carboxylic acids is 1. The number of H-pyrrole nitrogens is 1. The SMILES string of the molecule is Cc1[nH]c(C(=O)O)c(C)c1C(=O)Nc1cnoc1. The molecule has 0 radical (unpaired) electrons. The summed E-state index contributed by atoms with van der Waals surface area (Å²) in [4.78, 5) is 25.6. The van der Waals surface area contributed by atoms with Gasteiger partial charge in [-0.2, -0.15) is 0 Å². The summed E-state index contributed by atoms with van der Waals surface area (Å²) in [5.41, 5.74) is 1.64. The van der Waals surface area contributed by atoms with Crippen LogP contribution < -0.4 is 5.32 Å². The van der Waals surface area contributed by atoms with Crippen molar-refractivity contribution in [2.24, 2.45) is 0 Å². The second kappa shape index (κ2) is 4.36. The van der Waals surface area contributed by atoms with Crippen molar-refractivity contribution in [3.63, 3.8) is 0 Å². The maximum Gasteiger partial charge on any atom is 0.352 e. The van der Waals surface area contributed by atoms with Crippen LogP contribution in [-0.2, 0) is 0 Å². The Hall–Kier alpha value is -2.57. The van der Waals surface area contributed by atoms with Crippen molar-refractivity contribution >= 4 is 17.6 Å². The summed E-state index contributed by atoms with van der Waals surface area (Å²) in [6.07, 6.45) is 2.64. The van der Waals surface area contributed by atoms with E-state index < -0.39 is 11.9 Å². The van der Waals surface area contributed by atoms with Gasteiger partial charge in [-0.3, -0.25) is 4.79 Å². The van der Waals surface area contributed by atoms with Gasteiger partial charge in [-0.1, -0.05) is 5.16 Å². The van der Waals surface area contributed by atoms with Crippen molar-refractivity contribution < 1.29 is 19.2 Å². The first-order chi connectivity index (χ1) is 8.50. The number of nitrogens with one attached hydrogen (secondary N) is 2. The minimum atomic E-state index is -1.10. The number of aromatic nitrogens is 2. The minimum Gasteiger partial charge on any atom is -0.477 e. The van der Waals surface area contributed by atoms with Gasteiger partial charge in [-0.05, 0) is 19.4 Å². The monoisotopic (exact) mass is 249 g/mol. The molecule has 1 amide bonds. The number of amides is 1. The Morgan fingerprint density at radius 3 is 2.67 bits per heavy atom. The van der Waals surface area contributed by atoms with Crippen molar-refractivity contribution in [2.75, 3.05) is 5.32 Å². The molecule has 7 heteroatoms. The fourth-order valence-electron chi connectivity index (χ4n) is 1.76. The highest BCUT2D eigenvalue weighted by Gasteiger charge is 2.21. The Bertz CT molecular complexity index is 598. The fraction of sp³-hybridized carbons (Fsp3) is 0.182. The molecule has 2 heterocycles. The van der Waals surface area contributed by atoms with Crippen LogP contribution in [0.25, 0.3) is 0 Å². The minimum absolute atomic E-state index is 0.0166. The quantitative estimate of drug-likeness (QED) is 0.765. The van der Waals surface area contributed by atoms with Crippen molar-refractivity contribution in [3.05, 3.63) is 35.0 Å². The Morgan fingerprint density at radius 1 is 1.44 bits per heavy atom. The molecule has 0 aromatic carbocycles. The van der Waals surface area contributed by atoms with E-state index in [-0.39, 0.29) is 5.69 Å². The highest BCUT2D eigenvalue weighted by Crippen LogP contribution is 2.19. The maximum absolute atomic E-state index is 12.0. The zero-order valence-corrected chi connectivity index (χ0v) is 9.77. The molecule has 18 heavy (non-hydrogen) atoms. The van der Waals surface area contributed by atoms with Gasteiger partial charge in [0.1, 0.15) is 17.6 Å². The normalized spacial score (nSPS) is 10.3. The summed E-state index contributed by atoms with van der Waals surface area (Å²) in [6, 6.07) is 0. The van der Waals surface area contributed by atoms with Crippen molar-refractivity contribution in [1.82, 2.24) is 10.1 Å². The van der Waals surface area contributed by atoms with E-state index in [1.54, 1.807) is 13.8 Å². The molecule has 0 bridgehead atoms. The average molecular weight is 249 g/mol. The lowest BCUT2D eigenvalue weighted by Crippen LogP contribution is -2.13. The molecule has 0 aliphatic carbocycles. The summed E-state index contributed by atoms with van der Waals surface area (Å²) in [6.45, 7) is 3.22. The number of hydrogen-bond donors (Lipinski definition) is 3. The molecule has 0 atom stereocenters. The molecule has 0 fully saturated rings. The summed E-state index contributed by atoms with van der Waals surface area (Å²) in [7, 11) is 0. The third-order valence-electron chi connectivity index (χ3n) is 2.57. The smallest absolute Gasteiger partial charge is 0.352 e. The Kier molecular flexibility index (Phi) is 2.88. The van der Waals surface area contributed by atoms with Gasteiger partial charge in [0.2, 0.25) is 0 Å². The van der Waals surface area contributed by atoms with E-state index in [2.05, 4.69) is 20.0 Å². The van der Waals surface area contributed by atoms with E-state index >= 15 is 0 Å². The van der Waals surface area contributed by atoms with Gasteiger partial charge in [-0.15, -0.1) is 0 Å². The van der Waals surface area contributed by atoms with Crippen LogP contribution in [0.1, 0.15) is 32.1 Å². The van der Waals surface area contributed by atoms with Gasteiger partial charge in [0.15, 0.2) is 0 Å². The van der Waals surface area contributed by atoms with Crippen LogP contribution in [-0.4, -0.2) is 27.1 Å². The third-order valence-corrected chi connectivity index (χ3v) is 2.57. The van der Waals surface area contributed by atoms with Crippen molar-refractivity contribution in [2.45, 2.75) is 13.8 Å². The first-order valence-electron chi connectivity index (χ1n) is 5.14. The van der Waals surface area contributed by atoms with Crippen LogP contribution in [0.5, 0.6) is 0 Å². The highest BCUT2D eigenvalue weighted by molar-refractivity contribution is 6.07. The fourth-order valence-corrected chi connectivity index (χ4v) is 1.76. The number of carbonyl (C=O) groups is 2. The molecule has 0 aliphatic heterocycles. The molecule has 2 aromatic rings. The zero-order valence-electron chi connectivity index (χ0n) is 9.77. The van der Waals surface area contributed by atoms with Gasteiger partial charge in [0, 0.05) is 5.69 Å². The second-order valence-electron chi connectivity index (χ2n) is 3.80. The standard InChI is InChI=1S/C11H11N3O4/c1-5-8(6(2)13-9(5)11(16)17)10(15)14-7-3-12-18-4-7/h3-4,13H,1-2H3,(H,14,15)(H,16,17). The Labute approximate surface area is 102 Å². The lowest BCUT2D eigenvalue weighted by molar-refractivity contribution is 0.0690. The Morgan fingerprint density at radius 2 is 2.17 bits per heavy atom. The molecular formula is C11H11N3O4. The maximum atomic E-state index is 12.0. The van der Waals surface area contributed by atoms with Crippen molar-refractivity contribution in [3.8, 4) is 0 Å². The van der Waals surface area contributed by atoms with Crippen LogP contribution in [0, 0.1) is 13.8 Å². The van der Waals surface area contributed by atoms with Crippen LogP contribution in [0.4, 0.5) is 5.69 Å². The topological polar surface area (TPSA) is 108 Å². The lowest BCUT2D eigenvalue weighted by Gasteiger charge is -2.02. The van der Waals surface area contributed by atoms with Crippen LogP contribution in [0.2, 0.25) is 0 Å². The number of carboxylic acid groups (broad SMARTS) is 1. The summed E-state index contributed by atoms with van der Waals surface area (Å²) >= 11 is 0. The number of nitrogens with zero attached hydrogens (tertiary/aromatic N) is 1. The van der Waals surface area contributed by atoms with E-state index in [1.165, 1.54) is 12.5 Å². The molecular weight excluding hydrogens is 238 g/mol. The third kappa shape index (κ3) is 1.97. The zero-order chi connectivity index (χ0) is 13.3. The predicted octanol–water partition coefficient (Wildman–Crippen LogP) is 1.57. The van der Waals surface area contributed by atoms with Crippen molar-refractivity contribution in [1.29, 1.82) is 0 Å². The number of aromatic amines is 1. The molecule has 94 valence electrons. The molecule has 2 aromatic heterocycles. The average Bonchev–Trinajstić information content (AvgIpc) is 2.86. The highest BCUT2D eigenvalue weighted by atomic mass is 16.5. The van der Waals surface area contributed by atoms with Gasteiger partial charge >= 0.3 is 5.97 Å². The summed E-state index contributed by atoms with van der Waals surface area (Å²) in [5.74, 6) is -1.50. The number of aromatic carboxylic acids is 1.